The quantitative estimate of drug-likeness (QED) is 0.630. The van der Waals surface area contributed by atoms with E-state index in [4.69, 9.17) is 0 Å². The van der Waals surface area contributed by atoms with Crippen molar-refractivity contribution < 1.29 is 14.0 Å². The first-order valence-electron chi connectivity index (χ1n) is 4.51. The van der Waals surface area contributed by atoms with E-state index in [0.717, 1.165) is 0 Å². The minimum absolute atomic E-state index is 0.211. The van der Waals surface area contributed by atoms with Crippen LogP contribution in [-0.4, -0.2) is 18.0 Å². The number of urea groups is 1. The standard InChI is InChI=1S/C10H9FN2O2/c11-7-3-1-2-6(4-5-7)8-9(14)13-10(15)12-8/h1-2,4-5,8H,3H2,(H2,12,13,14,15). The zero-order valence-electron chi connectivity index (χ0n) is 7.79. The monoisotopic (exact) mass is 208 g/mol. The fourth-order valence-corrected chi connectivity index (χ4v) is 1.46. The third-order valence-electron chi connectivity index (χ3n) is 2.19. The number of hydrogen-bond acceptors (Lipinski definition) is 2. The maximum absolute atomic E-state index is 12.9. The molecule has 0 aromatic heterocycles. The average molecular weight is 208 g/mol. The smallest absolute Gasteiger partial charge is 0.322 e. The third kappa shape index (κ3) is 1.96. The van der Waals surface area contributed by atoms with Gasteiger partial charge in [0.25, 0.3) is 5.91 Å². The lowest BCUT2D eigenvalue weighted by atomic mass is 10.1. The molecule has 1 heterocycles. The lowest BCUT2D eigenvalue weighted by molar-refractivity contribution is -0.119. The number of carbonyl (C=O) groups is 2. The minimum atomic E-state index is -0.712. The van der Waals surface area contributed by atoms with Crippen molar-refractivity contribution in [3.8, 4) is 0 Å². The molecule has 0 aromatic rings. The Morgan fingerprint density at radius 2 is 2.13 bits per heavy atom. The highest BCUT2D eigenvalue weighted by molar-refractivity contribution is 6.06. The Labute approximate surface area is 85.5 Å². The molecule has 1 unspecified atom stereocenters. The normalized spacial score (nSPS) is 25.3. The minimum Gasteiger partial charge on any atom is -0.322 e. The second kappa shape index (κ2) is 3.68. The fraction of sp³-hybridized carbons (Fsp3) is 0.200. The van der Waals surface area contributed by atoms with Crippen molar-refractivity contribution in [2.75, 3.05) is 0 Å². The van der Waals surface area contributed by atoms with E-state index >= 15 is 0 Å². The highest BCUT2D eigenvalue weighted by atomic mass is 19.1. The predicted octanol–water partition coefficient (Wildman–Crippen LogP) is 0.934. The van der Waals surface area contributed by atoms with Gasteiger partial charge in [-0.05, 0) is 11.6 Å². The van der Waals surface area contributed by atoms with E-state index in [0.29, 0.717) is 5.57 Å². The number of allylic oxidation sites excluding steroid dienone is 4. The summed E-state index contributed by atoms with van der Waals surface area (Å²) >= 11 is 0. The van der Waals surface area contributed by atoms with E-state index in [9.17, 15) is 14.0 Å². The van der Waals surface area contributed by atoms with Gasteiger partial charge < -0.3 is 5.32 Å². The third-order valence-corrected chi connectivity index (χ3v) is 2.19. The molecule has 1 atom stereocenters. The van der Waals surface area contributed by atoms with Crippen LogP contribution >= 0.6 is 0 Å². The summed E-state index contributed by atoms with van der Waals surface area (Å²) in [6.07, 6.45) is 6.26. The van der Waals surface area contributed by atoms with Gasteiger partial charge in [0.2, 0.25) is 0 Å². The molecule has 3 amide bonds. The van der Waals surface area contributed by atoms with Crippen LogP contribution in [0.2, 0.25) is 0 Å². The maximum atomic E-state index is 12.9. The van der Waals surface area contributed by atoms with E-state index in [1.807, 2.05) is 0 Å². The summed E-state index contributed by atoms with van der Waals surface area (Å²) in [7, 11) is 0. The SMILES string of the molecule is O=C1NC(=O)C(C2=CC=C(F)CC=C2)N1. The summed E-state index contributed by atoms with van der Waals surface area (Å²) < 4.78 is 12.9. The van der Waals surface area contributed by atoms with Gasteiger partial charge >= 0.3 is 6.03 Å². The lowest BCUT2D eigenvalue weighted by Gasteiger charge is -2.06. The summed E-state index contributed by atoms with van der Waals surface area (Å²) in [5, 5.41) is 4.56. The van der Waals surface area contributed by atoms with Crippen LogP contribution in [0.25, 0.3) is 0 Å². The van der Waals surface area contributed by atoms with Gasteiger partial charge in [-0.2, -0.15) is 0 Å². The lowest BCUT2D eigenvalue weighted by Crippen LogP contribution is -2.30. The van der Waals surface area contributed by atoms with Crippen molar-refractivity contribution in [2.24, 2.45) is 0 Å². The van der Waals surface area contributed by atoms with Crippen molar-refractivity contribution in [1.82, 2.24) is 10.6 Å². The van der Waals surface area contributed by atoms with Crippen LogP contribution < -0.4 is 10.6 Å². The molecule has 0 radical (unpaired) electrons. The molecule has 0 saturated carbocycles. The Bertz CT molecular complexity index is 410. The second-order valence-corrected chi connectivity index (χ2v) is 3.28. The molecule has 4 nitrogen and oxygen atoms in total. The van der Waals surface area contributed by atoms with E-state index in [-0.39, 0.29) is 12.2 Å². The first-order valence-corrected chi connectivity index (χ1v) is 4.51. The molecule has 1 aliphatic heterocycles. The number of imide groups is 1. The van der Waals surface area contributed by atoms with Gasteiger partial charge in [-0.25, -0.2) is 9.18 Å². The molecule has 15 heavy (non-hydrogen) atoms. The zero-order valence-corrected chi connectivity index (χ0v) is 7.79. The molecule has 0 spiro atoms. The molecule has 1 aliphatic carbocycles. The summed E-state index contributed by atoms with van der Waals surface area (Å²) in [6, 6.07) is -1.23. The Morgan fingerprint density at radius 1 is 1.33 bits per heavy atom. The Kier molecular flexibility index (Phi) is 2.37. The number of rotatable bonds is 1. The van der Waals surface area contributed by atoms with Crippen molar-refractivity contribution in [2.45, 2.75) is 12.5 Å². The molecule has 0 aromatic carbocycles. The number of carbonyl (C=O) groups excluding carboxylic acids is 2. The van der Waals surface area contributed by atoms with E-state index < -0.39 is 18.0 Å². The van der Waals surface area contributed by atoms with E-state index in [2.05, 4.69) is 10.6 Å². The Morgan fingerprint density at radius 3 is 2.80 bits per heavy atom. The maximum Gasteiger partial charge on any atom is 0.322 e. The molecule has 2 aliphatic rings. The van der Waals surface area contributed by atoms with Crippen molar-refractivity contribution in [3.05, 3.63) is 35.7 Å². The van der Waals surface area contributed by atoms with Gasteiger partial charge in [-0.1, -0.05) is 18.2 Å². The van der Waals surface area contributed by atoms with Gasteiger partial charge in [0.15, 0.2) is 0 Å². The Balaban J connectivity index is 2.24. The highest BCUT2D eigenvalue weighted by Crippen LogP contribution is 2.16. The molecule has 5 heteroatoms. The van der Waals surface area contributed by atoms with Crippen molar-refractivity contribution in [1.29, 1.82) is 0 Å². The second-order valence-electron chi connectivity index (χ2n) is 3.28. The van der Waals surface area contributed by atoms with Crippen molar-refractivity contribution in [3.63, 3.8) is 0 Å². The average Bonchev–Trinajstić information content (AvgIpc) is 2.39. The largest absolute Gasteiger partial charge is 0.322 e. The molecular formula is C10H9FN2O2. The molecule has 1 saturated heterocycles. The molecule has 78 valence electrons. The van der Waals surface area contributed by atoms with Gasteiger partial charge in [0.1, 0.15) is 11.9 Å². The summed E-state index contributed by atoms with van der Waals surface area (Å²) in [6.45, 7) is 0. The number of halogens is 1. The highest BCUT2D eigenvalue weighted by Gasteiger charge is 2.31. The Hall–Kier alpha value is -1.91. The number of hydrogen-bond donors (Lipinski definition) is 2. The predicted molar refractivity (Wildman–Crippen MR) is 51.5 cm³/mol. The van der Waals surface area contributed by atoms with Gasteiger partial charge in [-0.3, -0.25) is 10.1 Å². The number of amides is 3. The van der Waals surface area contributed by atoms with Crippen LogP contribution in [0.1, 0.15) is 6.42 Å². The van der Waals surface area contributed by atoms with Gasteiger partial charge in [0.05, 0.1) is 0 Å². The fourth-order valence-electron chi connectivity index (χ4n) is 1.46. The van der Waals surface area contributed by atoms with Crippen LogP contribution in [0.4, 0.5) is 9.18 Å². The zero-order chi connectivity index (χ0) is 10.8. The van der Waals surface area contributed by atoms with E-state index in [1.54, 1.807) is 12.2 Å². The molecular weight excluding hydrogens is 199 g/mol. The van der Waals surface area contributed by atoms with E-state index in [1.165, 1.54) is 12.2 Å². The van der Waals surface area contributed by atoms with Gasteiger partial charge in [-0.15, -0.1) is 0 Å². The van der Waals surface area contributed by atoms with Crippen LogP contribution in [0.15, 0.2) is 35.7 Å². The first kappa shape index (κ1) is 9.64. The first-order chi connectivity index (χ1) is 7.16. The summed E-state index contributed by atoms with van der Waals surface area (Å²) in [5.74, 6) is -0.683. The molecule has 2 N–H and O–H groups in total. The van der Waals surface area contributed by atoms with Crippen molar-refractivity contribution >= 4 is 11.9 Å². The van der Waals surface area contributed by atoms with Crippen LogP contribution in [0.3, 0.4) is 0 Å². The summed E-state index contributed by atoms with van der Waals surface area (Å²) in [4.78, 5) is 22.2. The summed E-state index contributed by atoms with van der Waals surface area (Å²) in [5.41, 5.74) is 0.575. The van der Waals surface area contributed by atoms with Gasteiger partial charge in [0, 0.05) is 6.42 Å². The molecule has 0 bridgehead atoms. The number of nitrogens with one attached hydrogen (secondary N) is 2. The van der Waals surface area contributed by atoms with Crippen LogP contribution in [0, 0.1) is 0 Å². The van der Waals surface area contributed by atoms with Crippen LogP contribution in [0.5, 0.6) is 0 Å². The molecule has 1 fully saturated rings. The topological polar surface area (TPSA) is 58.2 Å². The molecule has 2 rings (SSSR count). The van der Waals surface area contributed by atoms with Crippen LogP contribution in [-0.2, 0) is 4.79 Å².